The molecule has 0 N–H and O–H groups in total. The van der Waals surface area contributed by atoms with Gasteiger partial charge in [0.25, 0.3) is 11.8 Å². The van der Waals surface area contributed by atoms with Crippen molar-refractivity contribution in [3.63, 3.8) is 0 Å². The molecule has 0 aliphatic carbocycles. The van der Waals surface area contributed by atoms with E-state index in [1.165, 1.54) is 47.5 Å². The molecule has 3 aromatic rings. The Morgan fingerprint density at radius 2 is 1.92 bits per heavy atom. The highest BCUT2D eigenvalue weighted by molar-refractivity contribution is 7.16. The van der Waals surface area contributed by atoms with Crippen molar-refractivity contribution in [1.82, 2.24) is 9.88 Å². The second kappa shape index (κ2) is 10.7. The van der Waals surface area contributed by atoms with Crippen LogP contribution >= 0.6 is 34.5 Å². The molecule has 1 atom stereocenters. The van der Waals surface area contributed by atoms with Crippen molar-refractivity contribution >= 4 is 57.2 Å². The average molecular weight is 545 g/mol. The van der Waals surface area contributed by atoms with E-state index in [2.05, 4.69) is 11.1 Å². The second-order valence-corrected chi connectivity index (χ2v) is 10.0. The van der Waals surface area contributed by atoms with E-state index < -0.39 is 11.9 Å². The summed E-state index contributed by atoms with van der Waals surface area (Å²) in [5.74, 6) is 0.102. The molecular formula is C25H22Cl2N4O4S. The maximum atomic E-state index is 13.8. The largest absolute Gasteiger partial charge is 0.493 e. The van der Waals surface area contributed by atoms with E-state index in [9.17, 15) is 14.9 Å². The van der Waals surface area contributed by atoms with Crippen LogP contribution in [-0.2, 0) is 0 Å². The molecule has 0 radical (unpaired) electrons. The monoisotopic (exact) mass is 544 g/mol. The van der Waals surface area contributed by atoms with Gasteiger partial charge in [0.05, 0.1) is 36.6 Å². The van der Waals surface area contributed by atoms with E-state index in [4.69, 9.17) is 32.7 Å². The van der Waals surface area contributed by atoms with Gasteiger partial charge in [-0.15, -0.1) is 11.3 Å². The number of nitriles is 1. The van der Waals surface area contributed by atoms with Crippen LogP contribution in [0.1, 0.15) is 38.6 Å². The number of carbonyl (C=O) groups is 2. The van der Waals surface area contributed by atoms with Crippen molar-refractivity contribution in [2.24, 2.45) is 0 Å². The van der Waals surface area contributed by atoms with Crippen molar-refractivity contribution in [3.8, 4) is 17.6 Å². The van der Waals surface area contributed by atoms with Gasteiger partial charge in [-0.05, 0) is 50.1 Å². The van der Waals surface area contributed by atoms with E-state index in [0.717, 1.165) is 6.42 Å². The molecule has 2 aromatic carbocycles. The summed E-state index contributed by atoms with van der Waals surface area (Å²) in [6, 6.07) is 11.3. The smallest absolute Gasteiger partial charge is 0.274 e. The van der Waals surface area contributed by atoms with Crippen LogP contribution in [0.3, 0.4) is 0 Å². The fraction of sp³-hybridized carbons (Fsp3) is 0.280. The van der Waals surface area contributed by atoms with Crippen LogP contribution in [-0.4, -0.2) is 48.5 Å². The molecule has 4 rings (SSSR count). The Bertz CT molecular complexity index is 1370. The van der Waals surface area contributed by atoms with Gasteiger partial charge >= 0.3 is 0 Å². The molecule has 2 amide bonds. The fourth-order valence-electron chi connectivity index (χ4n) is 4.02. The number of nitrogens with zero attached hydrogens (tertiary/aromatic N) is 4. The van der Waals surface area contributed by atoms with Crippen LogP contribution in [0.5, 0.6) is 11.5 Å². The Kier molecular flexibility index (Phi) is 7.69. The zero-order chi connectivity index (χ0) is 26.0. The highest BCUT2D eigenvalue weighted by Crippen LogP contribution is 2.39. The van der Waals surface area contributed by atoms with Crippen molar-refractivity contribution in [2.75, 3.05) is 25.7 Å². The Hall–Kier alpha value is -3.32. The number of anilines is 2. The van der Waals surface area contributed by atoms with Gasteiger partial charge in [-0.25, -0.2) is 4.98 Å². The predicted molar refractivity (Wildman–Crippen MR) is 139 cm³/mol. The average Bonchev–Trinajstić information content (AvgIpc) is 3.50. The minimum absolute atomic E-state index is 0.177. The first-order valence-corrected chi connectivity index (χ1v) is 12.6. The number of hydrogen-bond donors (Lipinski definition) is 0. The third-order valence-corrected chi connectivity index (χ3v) is 7.34. The zero-order valence-corrected chi connectivity index (χ0v) is 22.1. The number of rotatable bonds is 6. The maximum absolute atomic E-state index is 13.8. The van der Waals surface area contributed by atoms with E-state index in [1.54, 1.807) is 31.2 Å². The lowest BCUT2D eigenvalue weighted by Gasteiger charge is -2.22. The molecule has 11 heteroatoms. The summed E-state index contributed by atoms with van der Waals surface area (Å²) in [7, 11) is 3.01. The normalized spacial score (nSPS) is 14.9. The molecule has 1 aliphatic rings. The number of halogens is 2. The molecular weight excluding hydrogens is 523 g/mol. The third-order valence-electron chi connectivity index (χ3n) is 5.83. The molecule has 1 fully saturated rings. The van der Waals surface area contributed by atoms with Crippen LogP contribution < -0.4 is 14.4 Å². The Balaban J connectivity index is 1.82. The van der Waals surface area contributed by atoms with Gasteiger partial charge < -0.3 is 14.4 Å². The molecule has 0 spiro atoms. The van der Waals surface area contributed by atoms with Crippen LogP contribution in [0.25, 0.3) is 0 Å². The maximum Gasteiger partial charge on any atom is 0.274 e. The molecule has 8 nitrogen and oxygen atoms in total. The number of aryl methyl sites for hydroxylation is 1. The number of benzene rings is 2. The van der Waals surface area contributed by atoms with Gasteiger partial charge in [-0.3, -0.25) is 14.5 Å². The van der Waals surface area contributed by atoms with Gasteiger partial charge in [0.15, 0.2) is 16.6 Å². The van der Waals surface area contributed by atoms with Gasteiger partial charge in [0.1, 0.15) is 11.7 Å². The number of methoxy groups -OCH3 is 2. The second-order valence-electron chi connectivity index (χ2n) is 7.99. The number of amides is 2. The first kappa shape index (κ1) is 25.8. The van der Waals surface area contributed by atoms with Crippen LogP contribution in [0, 0.1) is 18.3 Å². The lowest BCUT2D eigenvalue weighted by molar-refractivity contribution is 0.0758. The number of hydrogen-bond acceptors (Lipinski definition) is 7. The van der Waals surface area contributed by atoms with E-state index >= 15 is 0 Å². The molecule has 36 heavy (non-hydrogen) atoms. The van der Waals surface area contributed by atoms with Crippen molar-refractivity contribution in [2.45, 2.75) is 25.8 Å². The Labute approximate surface area is 222 Å². The van der Waals surface area contributed by atoms with Gasteiger partial charge in [0.2, 0.25) is 0 Å². The summed E-state index contributed by atoms with van der Waals surface area (Å²) in [5.41, 5.74) is 0.853. The lowest BCUT2D eigenvalue weighted by atomic mass is 10.1. The quantitative estimate of drug-likeness (QED) is 0.384. The molecule has 1 aliphatic heterocycles. The van der Waals surface area contributed by atoms with E-state index in [1.807, 2.05) is 0 Å². The van der Waals surface area contributed by atoms with E-state index in [-0.39, 0.29) is 27.3 Å². The van der Waals surface area contributed by atoms with Crippen molar-refractivity contribution in [3.05, 3.63) is 62.6 Å². The number of ether oxygens (including phenoxy) is 2. The van der Waals surface area contributed by atoms with Crippen LogP contribution in [0.4, 0.5) is 10.8 Å². The lowest BCUT2D eigenvalue weighted by Crippen LogP contribution is -2.35. The Morgan fingerprint density at radius 3 is 2.58 bits per heavy atom. The summed E-state index contributed by atoms with van der Waals surface area (Å²) in [5, 5.41) is 10.3. The SMILES string of the molecule is COc1ccc(N(C(=O)c2ccc(Cl)cc2Cl)c2nc(C(=O)N3CCC[C@@H]3C#N)c(C)s2)cc1OC. The topological polar surface area (TPSA) is 95.8 Å². The van der Waals surface area contributed by atoms with E-state index in [0.29, 0.717) is 40.1 Å². The van der Waals surface area contributed by atoms with Crippen molar-refractivity contribution in [1.29, 1.82) is 5.26 Å². The molecule has 186 valence electrons. The Morgan fingerprint density at radius 1 is 1.17 bits per heavy atom. The fourth-order valence-corrected chi connectivity index (χ4v) is 5.43. The number of carbonyl (C=O) groups excluding carboxylic acids is 2. The summed E-state index contributed by atoms with van der Waals surface area (Å²) in [4.78, 5) is 35.2. The highest BCUT2D eigenvalue weighted by atomic mass is 35.5. The molecule has 0 unspecified atom stereocenters. The molecule has 1 saturated heterocycles. The molecule has 2 heterocycles. The molecule has 0 bridgehead atoms. The number of thiazole rings is 1. The number of aromatic nitrogens is 1. The zero-order valence-electron chi connectivity index (χ0n) is 19.7. The molecule has 0 saturated carbocycles. The predicted octanol–water partition coefficient (Wildman–Crippen LogP) is 5.88. The van der Waals surface area contributed by atoms with Gasteiger partial charge in [-0.1, -0.05) is 23.2 Å². The van der Waals surface area contributed by atoms with Crippen molar-refractivity contribution < 1.29 is 19.1 Å². The molecule has 1 aromatic heterocycles. The van der Waals surface area contributed by atoms with Gasteiger partial charge in [-0.2, -0.15) is 5.26 Å². The highest BCUT2D eigenvalue weighted by Gasteiger charge is 2.33. The van der Waals surface area contributed by atoms with Crippen LogP contribution in [0.2, 0.25) is 10.0 Å². The minimum Gasteiger partial charge on any atom is -0.493 e. The van der Waals surface area contributed by atoms with Crippen LogP contribution in [0.15, 0.2) is 36.4 Å². The summed E-state index contributed by atoms with van der Waals surface area (Å²) < 4.78 is 10.8. The first-order valence-electron chi connectivity index (χ1n) is 11.0. The summed E-state index contributed by atoms with van der Waals surface area (Å²) in [6.45, 7) is 2.25. The summed E-state index contributed by atoms with van der Waals surface area (Å²) >= 11 is 13.6. The van der Waals surface area contributed by atoms with Gasteiger partial charge in [0, 0.05) is 22.5 Å². The summed E-state index contributed by atoms with van der Waals surface area (Å²) in [6.07, 6.45) is 1.38. The standard InChI is InChI=1S/C25H22Cl2N4O4S/c1-14-22(24(33)30-10-4-5-17(30)13-28)29-25(36-14)31(16-7-9-20(34-2)21(12-16)35-3)23(32)18-8-6-15(26)11-19(18)27/h6-9,11-12,17H,4-5,10H2,1-3H3/t17-/m1/s1. The minimum atomic E-state index is -0.487. The third kappa shape index (κ3) is 4.85. The first-order chi connectivity index (χ1) is 17.3. The number of likely N-dealkylation sites (tertiary alicyclic amines) is 1.